The first kappa shape index (κ1) is 16.1. The van der Waals surface area contributed by atoms with Crippen molar-refractivity contribution < 1.29 is 4.39 Å². The number of anilines is 3. The lowest BCUT2D eigenvalue weighted by Crippen LogP contribution is -2.29. The van der Waals surface area contributed by atoms with Gasteiger partial charge in [-0.25, -0.2) is 4.39 Å². The Hall–Kier alpha value is -3.07. The summed E-state index contributed by atoms with van der Waals surface area (Å²) in [5, 5.41) is 7.19. The molecule has 0 radical (unpaired) electrons. The standard InChI is InChI=1S/C24H21FN2/c25-17-11-9-16(10-12-17)24-21-8-4-7-20(21)22-15-19(13-14-23(22)27-24)26-18-5-2-1-3-6-18/h1-7,9-15,20-21,24,26-27H,8H2. The summed E-state index contributed by atoms with van der Waals surface area (Å²) in [6.45, 7) is 0. The van der Waals surface area contributed by atoms with E-state index in [1.165, 1.54) is 5.56 Å². The maximum absolute atomic E-state index is 13.3. The fraction of sp³-hybridized carbons (Fsp3) is 0.167. The van der Waals surface area contributed by atoms with Crippen molar-refractivity contribution in [2.75, 3.05) is 10.6 Å². The SMILES string of the molecule is Fc1ccc(C2Nc3ccc(Nc4ccccc4)cc3C3C=CCC32)cc1. The van der Waals surface area contributed by atoms with E-state index in [1.54, 1.807) is 12.1 Å². The summed E-state index contributed by atoms with van der Waals surface area (Å²) in [4.78, 5) is 0. The molecule has 3 atom stereocenters. The maximum atomic E-state index is 13.3. The van der Waals surface area contributed by atoms with Crippen molar-refractivity contribution >= 4 is 17.1 Å². The first-order chi connectivity index (χ1) is 13.3. The van der Waals surface area contributed by atoms with Crippen molar-refractivity contribution in [3.8, 4) is 0 Å². The van der Waals surface area contributed by atoms with Crippen molar-refractivity contribution in [1.29, 1.82) is 0 Å². The summed E-state index contributed by atoms with van der Waals surface area (Å²) < 4.78 is 13.3. The molecular formula is C24H21FN2. The Morgan fingerprint density at radius 3 is 2.52 bits per heavy atom. The number of nitrogens with one attached hydrogen (secondary N) is 2. The second-order valence-corrected chi connectivity index (χ2v) is 7.32. The molecule has 0 spiro atoms. The zero-order chi connectivity index (χ0) is 18.2. The summed E-state index contributed by atoms with van der Waals surface area (Å²) in [5.41, 5.74) is 5.82. The van der Waals surface area contributed by atoms with Crippen LogP contribution in [0.1, 0.15) is 29.5 Å². The van der Waals surface area contributed by atoms with Crippen molar-refractivity contribution in [2.45, 2.75) is 18.4 Å². The molecule has 0 bridgehead atoms. The normalized spacial score (nSPS) is 22.6. The molecule has 0 saturated heterocycles. The molecule has 2 nitrogen and oxygen atoms in total. The molecule has 0 aromatic heterocycles. The topological polar surface area (TPSA) is 24.1 Å². The third kappa shape index (κ3) is 2.99. The van der Waals surface area contributed by atoms with Crippen molar-refractivity contribution in [3.05, 3.63) is 102 Å². The third-order valence-corrected chi connectivity index (χ3v) is 5.65. The van der Waals surface area contributed by atoms with Crippen LogP contribution >= 0.6 is 0 Å². The smallest absolute Gasteiger partial charge is 0.123 e. The summed E-state index contributed by atoms with van der Waals surface area (Å²) in [5.74, 6) is 0.649. The van der Waals surface area contributed by atoms with Gasteiger partial charge < -0.3 is 10.6 Å². The van der Waals surface area contributed by atoms with Gasteiger partial charge in [0.1, 0.15) is 5.82 Å². The van der Waals surface area contributed by atoms with Gasteiger partial charge in [0.2, 0.25) is 0 Å². The molecule has 1 heterocycles. The molecule has 3 aromatic carbocycles. The summed E-state index contributed by atoms with van der Waals surface area (Å²) in [6, 6.07) is 23.8. The highest BCUT2D eigenvalue weighted by molar-refractivity contribution is 5.68. The number of allylic oxidation sites excluding steroid dienone is 2. The molecule has 0 amide bonds. The van der Waals surface area contributed by atoms with Gasteiger partial charge in [-0.15, -0.1) is 0 Å². The molecule has 0 saturated carbocycles. The fourth-order valence-corrected chi connectivity index (χ4v) is 4.36. The molecule has 27 heavy (non-hydrogen) atoms. The molecule has 3 unspecified atom stereocenters. The van der Waals surface area contributed by atoms with Crippen LogP contribution in [0.3, 0.4) is 0 Å². The molecule has 1 aliphatic heterocycles. The van der Waals surface area contributed by atoms with Gasteiger partial charge in [0, 0.05) is 23.0 Å². The number of hydrogen-bond acceptors (Lipinski definition) is 2. The van der Waals surface area contributed by atoms with E-state index in [0.29, 0.717) is 11.8 Å². The summed E-state index contributed by atoms with van der Waals surface area (Å²) in [6.07, 6.45) is 5.64. The summed E-state index contributed by atoms with van der Waals surface area (Å²) >= 11 is 0. The average molecular weight is 356 g/mol. The Morgan fingerprint density at radius 1 is 0.889 bits per heavy atom. The van der Waals surface area contributed by atoms with E-state index in [4.69, 9.17) is 0 Å². The van der Waals surface area contributed by atoms with Gasteiger partial charge in [-0.2, -0.15) is 0 Å². The van der Waals surface area contributed by atoms with Crippen LogP contribution in [0, 0.1) is 11.7 Å². The van der Waals surface area contributed by atoms with E-state index in [0.717, 1.165) is 29.0 Å². The van der Waals surface area contributed by atoms with E-state index in [-0.39, 0.29) is 11.9 Å². The van der Waals surface area contributed by atoms with Gasteiger partial charge in [-0.05, 0) is 65.9 Å². The monoisotopic (exact) mass is 356 g/mol. The molecule has 5 rings (SSSR count). The van der Waals surface area contributed by atoms with Crippen molar-refractivity contribution in [2.24, 2.45) is 5.92 Å². The zero-order valence-corrected chi connectivity index (χ0v) is 14.9. The first-order valence-electron chi connectivity index (χ1n) is 9.42. The Kier molecular flexibility index (Phi) is 3.93. The van der Waals surface area contributed by atoms with Crippen LogP contribution in [-0.4, -0.2) is 0 Å². The molecule has 2 aliphatic rings. The van der Waals surface area contributed by atoms with Gasteiger partial charge in [0.05, 0.1) is 6.04 Å². The maximum Gasteiger partial charge on any atom is 0.123 e. The Morgan fingerprint density at radius 2 is 1.70 bits per heavy atom. The van der Waals surface area contributed by atoms with E-state index >= 15 is 0 Å². The Balaban J connectivity index is 1.48. The molecule has 3 aromatic rings. The predicted octanol–water partition coefficient (Wildman–Crippen LogP) is 6.40. The number of benzene rings is 3. The Bertz CT molecular complexity index is 979. The molecule has 2 N–H and O–H groups in total. The number of rotatable bonds is 3. The highest BCUT2D eigenvalue weighted by Gasteiger charge is 2.37. The third-order valence-electron chi connectivity index (χ3n) is 5.65. The second-order valence-electron chi connectivity index (χ2n) is 7.32. The average Bonchev–Trinajstić information content (AvgIpc) is 3.19. The highest BCUT2D eigenvalue weighted by Crippen LogP contribution is 2.50. The van der Waals surface area contributed by atoms with Gasteiger partial charge in [0.15, 0.2) is 0 Å². The lowest BCUT2D eigenvalue weighted by Gasteiger charge is -2.37. The van der Waals surface area contributed by atoms with Crippen LogP contribution in [0.25, 0.3) is 0 Å². The van der Waals surface area contributed by atoms with Gasteiger partial charge in [0.25, 0.3) is 0 Å². The second kappa shape index (κ2) is 6.58. The number of para-hydroxylation sites is 1. The van der Waals surface area contributed by atoms with E-state index in [2.05, 4.69) is 53.1 Å². The van der Waals surface area contributed by atoms with E-state index in [9.17, 15) is 4.39 Å². The fourth-order valence-electron chi connectivity index (χ4n) is 4.36. The van der Waals surface area contributed by atoms with Crippen LogP contribution in [-0.2, 0) is 0 Å². The Labute approximate surface area is 158 Å². The molecular weight excluding hydrogens is 335 g/mol. The van der Waals surface area contributed by atoms with Crippen LogP contribution < -0.4 is 10.6 Å². The lowest BCUT2D eigenvalue weighted by molar-refractivity contribution is 0.425. The van der Waals surface area contributed by atoms with Crippen molar-refractivity contribution in [1.82, 2.24) is 0 Å². The van der Waals surface area contributed by atoms with Crippen LogP contribution in [0.2, 0.25) is 0 Å². The van der Waals surface area contributed by atoms with Gasteiger partial charge in [-0.1, -0.05) is 42.5 Å². The number of halogens is 1. The van der Waals surface area contributed by atoms with Gasteiger partial charge in [-0.3, -0.25) is 0 Å². The number of fused-ring (bicyclic) bond motifs is 3. The van der Waals surface area contributed by atoms with Gasteiger partial charge >= 0.3 is 0 Å². The van der Waals surface area contributed by atoms with Crippen LogP contribution in [0.4, 0.5) is 21.5 Å². The minimum absolute atomic E-state index is 0.187. The van der Waals surface area contributed by atoms with Crippen LogP contribution in [0.5, 0.6) is 0 Å². The molecule has 3 heteroatoms. The quantitative estimate of drug-likeness (QED) is 0.531. The number of hydrogen-bond donors (Lipinski definition) is 2. The molecule has 134 valence electrons. The first-order valence-corrected chi connectivity index (χ1v) is 9.42. The van der Waals surface area contributed by atoms with E-state index in [1.807, 2.05) is 30.3 Å². The zero-order valence-electron chi connectivity index (χ0n) is 14.9. The largest absolute Gasteiger partial charge is 0.378 e. The molecule has 0 fully saturated rings. The van der Waals surface area contributed by atoms with Crippen molar-refractivity contribution in [3.63, 3.8) is 0 Å². The predicted molar refractivity (Wildman–Crippen MR) is 109 cm³/mol. The highest BCUT2D eigenvalue weighted by atomic mass is 19.1. The minimum Gasteiger partial charge on any atom is -0.378 e. The van der Waals surface area contributed by atoms with Crippen LogP contribution in [0.15, 0.2) is 84.9 Å². The lowest BCUT2D eigenvalue weighted by atomic mass is 9.77. The summed E-state index contributed by atoms with van der Waals surface area (Å²) in [7, 11) is 0. The van der Waals surface area contributed by atoms with E-state index < -0.39 is 0 Å². The molecule has 1 aliphatic carbocycles. The minimum atomic E-state index is -0.187.